The summed E-state index contributed by atoms with van der Waals surface area (Å²) < 4.78 is 0. The molecule has 3 heterocycles. The maximum absolute atomic E-state index is 5.01. The number of hydrogen-bond acceptors (Lipinski definition) is 5. The lowest BCUT2D eigenvalue weighted by Crippen LogP contribution is -2.52. The number of para-hydroxylation sites is 1. The molecule has 1 aromatic heterocycles. The van der Waals surface area contributed by atoms with Crippen molar-refractivity contribution in [1.29, 1.82) is 0 Å². The molecule has 0 bridgehead atoms. The molecule has 0 aliphatic carbocycles. The van der Waals surface area contributed by atoms with Crippen LogP contribution in [-0.2, 0) is 6.42 Å². The zero-order valence-electron chi connectivity index (χ0n) is 15.5. The van der Waals surface area contributed by atoms with Crippen LogP contribution in [0.5, 0.6) is 0 Å². The van der Waals surface area contributed by atoms with E-state index < -0.39 is 0 Å². The van der Waals surface area contributed by atoms with Crippen LogP contribution in [0.25, 0.3) is 10.9 Å². The van der Waals surface area contributed by atoms with Gasteiger partial charge in [0.2, 0.25) is 0 Å². The molecule has 5 nitrogen and oxygen atoms in total. The monoisotopic (exact) mass is 357 g/mol. The average molecular weight is 357 g/mol. The number of fused-ring (bicyclic) bond motifs is 1. The Morgan fingerprint density at radius 1 is 0.926 bits per heavy atom. The minimum atomic E-state index is 0.339. The van der Waals surface area contributed by atoms with Gasteiger partial charge in [0.1, 0.15) is 6.33 Å². The van der Waals surface area contributed by atoms with Crippen LogP contribution in [0.2, 0.25) is 0 Å². The molecule has 0 radical (unpaired) electrons. The van der Waals surface area contributed by atoms with Crippen molar-refractivity contribution in [2.24, 2.45) is 4.99 Å². The number of guanidine groups is 1. The SMILES string of the molecule is CN1CC(Cc2ccccc2)N=C1N1CC(c2ncnc3ccccc23)C1. The molecule has 2 aromatic carbocycles. The van der Waals surface area contributed by atoms with E-state index in [-0.39, 0.29) is 0 Å². The molecule has 1 saturated heterocycles. The van der Waals surface area contributed by atoms with E-state index in [0.29, 0.717) is 12.0 Å². The van der Waals surface area contributed by atoms with E-state index in [1.165, 1.54) is 16.6 Å². The summed E-state index contributed by atoms with van der Waals surface area (Å²) in [4.78, 5) is 18.7. The van der Waals surface area contributed by atoms with Gasteiger partial charge in [-0.15, -0.1) is 0 Å². The molecule has 1 unspecified atom stereocenters. The van der Waals surface area contributed by atoms with Crippen molar-refractivity contribution in [2.45, 2.75) is 18.4 Å². The Bertz CT molecular complexity index is 973. The van der Waals surface area contributed by atoms with Crippen LogP contribution >= 0.6 is 0 Å². The number of rotatable bonds is 3. The smallest absolute Gasteiger partial charge is 0.196 e. The van der Waals surface area contributed by atoms with Gasteiger partial charge >= 0.3 is 0 Å². The highest BCUT2D eigenvalue weighted by Crippen LogP contribution is 2.31. The van der Waals surface area contributed by atoms with Gasteiger partial charge in [0, 0.05) is 38.0 Å². The third kappa shape index (κ3) is 3.03. The first-order valence-electron chi connectivity index (χ1n) is 9.55. The molecule has 2 aliphatic rings. The molecule has 0 saturated carbocycles. The Hall–Kier alpha value is -2.95. The zero-order chi connectivity index (χ0) is 18.2. The summed E-state index contributed by atoms with van der Waals surface area (Å²) in [5, 5.41) is 1.17. The van der Waals surface area contributed by atoms with E-state index in [9.17, 15) is 0 Å². The van der Waals surface area contributed by atoms with Gasteiger partial charge in [0.15, 0.2) is 5.96 Å². The lowest BCUT2D eigenvalue weighted by atomic mass is 9.93. The lowest BCUT2D eigenvalue weighted by molar-refractivity contribution is 0.226. The molecular formula is C22H23N5. The van der Waals surface area contributed by atoms with E-state index in [1.807, 2.05) is 6.07 Å². The molecule has 3 aromatic rings. The predicted molar refractivity (Wildman–Crippen MR) is 108 cm³/mol. The van der Waals surface area contributed by atoms with E-state index in [1.54, 1.807) is 6.33 Å². The first-order chi connectivity index (χ1) is 13.3. The molecule has 5 rings (SSSR count). The maximum Gasteiger partial charge on any atom is 0.196 e. The van der Waals surface area contributed by atoms with Crippen LogP contribution in [-0.4, -0.2) is 58.5 Å². The van der Waals surface area contributed by atoms with E-state index in [4.69, 9.17) is 4.99 Å². The van der Waals surface area contributed by atoms with Crippen molar-refractivity contribution in [3.05, 3.63) is 72.2 Å². The summed E-state index contributed by atoms with van der Waals surface area (Å²) in [5.74, 6) is 1.58. The Balaban J connectivity index is 1.29. The van der Waals surface area contributed by atoms with E-state index in [2.05, 4.69) is 75.3 Å². The molecule has 0 spiro atoms. The van der Waals surface area contributed by atoms with Gasteiger partial charge in [-0.1, -0.05) is 48.5 Å². The zero-order valence-corrected chi connectivity index (χ0v) is 15.5. The van der Waals surface area contributed by atoms with Gasteiger partial charge < -0.3 is 9.80 Å². The van der Waals surface area contributed by atoms with Crippen LogP contribution in [0.15, 0.2) is 65.9 Å². The second kappa shape index (κ2) is 6.65. The van der Waals surface area contributed by atoms with Gasteiger partial charge in [-0.25, -0.2) is 15.0 Å². The quantitative estimate of drug-likeness (QED) is 0.723. The summed E-state index contributed by atoms with van der Waals surface area (Å²) in [5.41, 5.74) is 3.55. The Morgan fingerprint density at radius 3 is 2.56 bits per heavy atom. The Morgan fingerprint density at radius 2 is 1.70 bits per heavy atom. The van der Waals surface area contributed by atoms with Crippen molar-refractivity contribution in [3.63, 3.8) is 0 Å². The normalized spacial score (nSPS) is 20.0. The minimum Gasteiger partial charge on any atom is -0.344 e. The van der Waals surface area contributed by atoms with Crippen molar-refractivity contribution in [2.75, 3.05) is 26.7 Å². The lowest BCUT2D eigenvalue weighted by Gasteiger charge is -2.42. The van der Waals surface area contributed by atoms with Crippen molar-refractivity contribution in [1.82, 2.24) is 19.8 Å². The fraction of sp³-hybridized carbons (Fsp3) is 0.318. The summed E-state index contributed by atoms with van der Waals surface area (Å²) >= 11 is 0. The number of likely N-dealkylation sites (tertiary alicyclic amines) is 1. The number of likely N-dealkylation sites (N-methyl/N-ethyl adjacent to an activating group) is 1. The third-order valence-corrected chi connectivity index (χ3v) is 5.56. The molecule has 1 atom stereocenters. The fourth-order valence-electron chi connectivity index (χ4n) is 4.19. The number of hydrogen-bond donors (Lipinski definition) is 0. The van der Waals surface area contributed by atoms with Gasteiger partial charge in [0.25, 0.3) is 0 Å². The molecule has 1 fully saturated rings. The highest BCUT2D eigenvalue weighted by molar-refractivity contribution is 5.84. The number of benzene rings is 2. The molecule has 2 aliphatic heterocycles. The molecular weight excluding hydrogens is 334 g/mol. The minimum absolute atomic E-state index is 0.339. The largest absolute Gasteiger partial charge is 0.344 e. The first-order valence-corrected chi connectivity index (χ1v) is 9.55. The van der Waals surface area contributed by atoms with Gasteiger partial charge in [0.05, 0.1) is 17.3 Å². The summed E-state index contributed by atoms with van der Waals surface area (Å²) in [6.45, 7) is 2.94. The predicted octanol–water partition coefficient (Wildman–Crippen LogP) is 2.94. The molecule has 27 heavy (non-hydrogen) atoms. The van der Waals surface area contributed by atoms with E-state index >= 15 is 0 Å². The van der Waals surface area contributed by atoms with Crippen molar-refractivity contribution in [3.8, 4) is 0 Å². The fourth-order valence-corrected chi connectivity index (χ4v) is 4.19. The van der Waals surface area contributed by atoms with Gasteiger partial charge in [-0.3, -0.25) is 0 Å². The average Bonchev–Trinajstić information content (AvgIpc) is 3.01. The van der Waals surface area contributed by atoms with Crippen LogP contribution in [0, 0.1) is 0 Å². The summed E-state index contributed by atoms with van der Waals surface area (Å²) in [6, 6.07) is 19.3. The van der Waals surface area contributed by atoms with Crippen molar-refractivity contribution >= 4 is 16.9 Å². The van der Waals surface area contributed by atoms with Gasteiger partial charge in [-0.05, 0) is 18.1 Å². The van der Waals surface area contributed by atoms with Gasteiger partial charge in [-0.2, -0.15) is 0 Å². The second-order valence-corrected chi connectivity index (χ2v) is 7.53. The van der Waals surface area contributed by atoms with Crippen LogP contribution in [0.3, 0.4) is 0 Å². The van der Waals surface area contributed by atoms with Crippen LogP contribution in [0.4, 0.5) is 0 Å². The van der Waals surface area contributed by atoms with Crippen LogP contribution in [0.1, 0.15) is 17.2 Å². The number of aromatic nitrogens is 2. The molecule has 0 N–H and O–H groups in total. The molecule has 5 heteroatoms. The highest BCUT2D eigenvalue weighted by atomic mass is 15.4. The van der Waals surface area contributed by atoms with Crippen LogP contribution < -0.4 is 0 Å². The Labute approximate surface area is 159 Å². The highest BCUT2D eigenvalue weighted by Gasteiger charge is 2.36. The maximum atomic E-state index is 5.01. The second-order valence-electron chi connectivity index (χ2n) is 7.53. The molecule has 136 valence electrons. The number of nitrogens with zero attached hydrogens (tertiary/aromatic N) is 5. The first kappa shape index (κ1) is 16.2. The van der Waals surface area contributed by atoms with Crippen molar-refractivity contribution < 1.29 is 0 Å². The third-order valence-electron chi connectivity index (χ3n) is 5.56. The Kier molecular flexibility index (Phi) is 4.00. The van der Waals surface area contributed by atoms with E-state index in [0.717, 1.165) is 37.5 Å². The topological polar surface area (TPSA) is 44.6 Å². The molecule has 0 amide bonds. The summed E-state index contributed by atoms with van der Waals surface area (Å²) in [7, 11) is 2.15. The standard InChI is InChI=1S/C22H23N5/c1-26-14-18(11-16-7-3-2-4-8-16)25-22(26)27-12-17(13-27)21-19-9-5-6-10-20(19)23-15-24-21/h2-10,15,17-18H,11-14H2,1H3. The number of aliphatic imine (C=N–C) groups is 1. The summed E-state index contributed by atoms with van der Waals surface area (Å²) in [6.07, 6.45) is 2.69.